The topological polar surface area (TPSA) is 75.1 Å². The monoisotopic (exact) mass is 407 g/mol. The van der Waals surface area contributed by atoms with Crippen molar-refractivity contribution in [1.82, 2.24) is 19.6 Å². The van der Waals surface area contributed by atoms with E-state index in [0.717, 1.165) is 11.3 Å². The van der Waals surface area contributed by atoms with Crippen molar-refractivity contribution >= 4 is 23.1 Å². The number of benzene rings is 2. The molecule has 29 heavy (non-hydrogen) atoms. The van der Waals surface area contributed by atoms with Crippen molar-refractivity contribution in [3.8, 4) is 0 Å². The first kappa shape index (κ1) is 19.2. The summed E-state index contributed by atoms with van der Waals surface area (Å²) < 4.78 is 1.42. The van der Waals surface area contributed by atoms with Crippen LogP contribution < -0.4 is 10.9 Å². The van der Waals surface area contributed by atoms with Gasteiger partial charge in [-0.2, -0.15) is 9.50 Å². The predicted molar refractivity (Wildman–Crippen MR) is 116 cm³/mol. The van der Waals surface area contributed by atoms with Crippen molar-refractivity contribution < 1.29 is 0 Å². The molecule has 2 aromatic carbocycles. The van der Waals surface area contributed by atoms with Crippen LogP contribution in [0, 0.1) is 20.8 Å². The Balaban J connectivity index is 1.62. The van der Waals surface area contributed by atoms with E-state index in [-0.39, 0.29) is 5.56 Å². The zero-order valence-electron chi connectivity index (χ0n) is 16.6. The Bertz CT molecular complexity index is 1240. The third-order valence-electron chi connectivity index (χ3n) is 5.19. The summed E-state index contributed by atoms with van der Waals surface area (Å²) in [7, 11) is 0. The van der Waals surface area contributed by atoms with Crippen LogP contribution in [0.25, 0.3) is 5.78 Å². The Morgan fingerprint density at radius 1 is 1.07 bits per heavy atom. The van der Waals surface area contributed by atoms with Crippen LogP contribution in [-0.4, -0.2) is 19.6 Å². The van der Waals surface area contributed by atoms with E-state index in [0.29, 0.717) is 40.8 Å². The molecule has 2 aromatic heterocycles. The van der Waals surface area contributed by atoms with Crippen LogP contribution in [0.3, 0.4) is 0 Å². The zero-order chi connectivity index (χ0) is 20.5. The number of halogens is 1. The third-order valence-corrected chi connectivity index (χ3v) is 5.44. The van der Waals surface area contributed by atoms with Crippen LogP contribution in [0.1, 0.15) is 33.8 Å². The smallest absolute Gasteiger partial charge is 0.277 e. The van der Waals surface area contributed by atoms with Crippen LogP contribution in [0.5, 0.6) is 0 Å². The molecule has 0 saturated carbocycles. The highest BCUT2D eigenvalue weighted by Crippen LogP contribution is 2.18. The second-order valence-electron chi connectivity index (χ2n) is 7.19. The highest BCUT2D eigenvalue weighted by Gasteiger charge is 2.14. The Morgan fingerprint density at radius 3 is 2.59 bits per heavy atom. The van der Waals surface area contributed by atoms with Crippen molar-refractivity contribution in [1.29, 1.82) is 0 Å². The molecule has 0 fully saturated rings. The minimum Gasteiger partial charge on any atom is -0.378 e. The second-order valence-corrected chi connectivity index (χ2v) is 7.63. The van der Waals surface area contributed by atoms with Crippen molar-refractivity contribution in [2.45, 2.75) is 33.7 Å². The zero-order valence-corrected chi connectivity index (χ0v) is 17.3. The molecular formula is C22H22ClN5O. The van der Waals surface area contributed by atoms with E-state index in [4.69, 9.17) is 11.6 Å². The molecule has 148 valence electrons. The lowest BCUT2D eigenvalue weighted by Crippen LogP contribution is -2.22. The Kier molecular flexibility index (Phi) is 5.11. The van der Waals surface area contributed by atoms with Gasteiger partial charge < -0.3 is 5.32 Å². The number of aromatic amines is 1. The molecule has 0 unspecified atom stereocenters. The van der Waals surface area contributed by atoms with E-state index in [2.05, 4.69) is 40.3 Å². The molecule has 0 aliphatic heterocycles. The minimum absolute atomic E-state index is 0.132. The number of anilines is 1. The molecule has 0 atom stereocenters. The van der Waals surface area contributed by atoms with E-state index in [1.807, 2.05) is 43.3 Å². The van der Waals surface area contributed by atoms with Crippen LogP contribution in [0.15, 0.2) is 47.3 Å². The lowest BCUT2D eigenvalue weighted by molar-refractivity contribution is 0.832. The molecule has 6 nitrogen and oxygen atoms in total. The van der Waals surface area contributed by atoms with Crippen LogP contribution in [-0.2, 0) is 13.0 Å². The number of H-pyrrole nitrogens is 1. The first-order chi connectivity index (χ1) is 13.9. The molecule has 0 bridgehead atoms. The molecule has 0 aliphatic rings. The van der Waals surface area contributed by atoms with Crippen LogP contribution in [0.2, 0.25) is 5.02 Å². The van der Waals surface area contributed by atoms with Gasteiger partial charge in [-0.3, -0.25) is 9.89 Å². The summed E-state index contributed by atoms with van der Waals surface area (Å²) in [5, 5.41) is 7.12. The molecule has 0 amide bonds. The summed E-state index contributed by atoms with van der Waals surface area (Å²) >= 11 is 5.95. The van der Waals surface area contributed by atoms with Crippen molar-refractivity contribution in [2.75, 3.05) is 5.32 Å². The molecule has 4 aromatic rings. The number of aromatic nitrogens is 4. The largest absolute Gasteiger partial charge is 0.378 e. The van der Waals surface area contributed by atoms with E-state index in [9.17, 15) is 4.79 Å². The van der Waals surface area contributed by atoms with Gasteiger partial charge in [-0.05, 0) is 55.7 Å². The van der Waals surface area contributed by atoms with Gasteiger partial charge in [0.2, 0.25) is 0 Å². The second kappa shape index (κ2) is 7.72. The van der Waals surface area contributed by atoms with Crippen molar-refractivity contribution in [3.05, 3.63) is 91.6 Å². The standard InChI is InChI=1S/C22H22ClN5O/c1-13-5-4-6-19(14(13)2)24-12-20-26-22-25-15(3)18(21(29)28(22)27-20)11-16-7-9-17(23)10-8-16/h4-10,24H,11-12H2,1-3H3,(H,25,26,27). The minimum atomic E-state index is -0.132. The van der Waals surface area contributed by atoms with Gasteiger partial charge in [-0.25, -0.2) is 4.98 Å². The van der Waals surface area contributed by atoms with Gasteiger partial charge in [0, 0.05) is 22.7 Å². The lowest BCUT2D eigenvalue weighted by atomic mass is 10.1. The number of fused-ring (bicyclic) bond motifs is 1. The van der Waals surface area contributed by atoms with E-state index < -0.39 is 0 Å². The Labute approximate surface area is 173 Å². The highest BCUT2D eigenvalue weighted by molar-refractivity contribution is 6.30. The van der Waals surface area contributed by atoms with Gasteiger partial charge in [0.05, 0.1) is 12.2 Å². The maximum Gasteiger partial charge on any atom is 0.277 e. The molecule has 0 radical (unpaired) electrons. The molecule has 2 heterocycles. The first-order valence-corrected chi connectivity index (χ1v) is 9.82. The number of rotatable bonds is 5. The maximum atomic E-state index is 13.0. The number of nitrogens with one attached hydrogen (secondary N) is 2. The van der Waals surface area contributed by atoms with Gasteiger partial charge in [0.25, 0.3) is 11.3 Å². The van der Waals surface area contributed by atoms with Gasteiger partial charge in [0.1, 0.15) is 5.82 Å². The highest BCUT2D eigenvalue weighted by atomic mass is 35.5. The average molecular weight is 408 g/mol. The van der Waals surface area contributed by atoms with Gasteiger partial charge in [-0.15, -0.1) is 0 Å². The molecule has 0 saturated heterocycles. The Hall–Kier alpha value is -3.12. The summed E-state index contributed by atoms with van der Waals surface area (Å²) in [6.45, 7) is 6.47. The average Bonchev–Trinajstić information content (AvgIpc) is 3.11. The van der Waals surface area contributed by atoms with Crippen molar-refractivity contribution in [3.63, 3.8) is 0 Å². The molecule has 4 rings (SSSR count). The number of aryl methyl sites for hydroxylation is 2. The normalized spacial score (nSPS) is 11.2. The first-order valence-electron chi connectivity index (χ1n) is 9.44. The lowest BCUT2D eigenvalue weighted by Gasteiger charge is -2.09. The Morgan fingerprint density at radius 2 is 1.83 bits per heavy atom. The van der Waals surface area contributed by atoms with Gasteiger partial charge >= 0.3 is 0 Å². The molecule has 0 aliphatic carbocycles. The fraction of sp³-hybridized carbons (Fsp3) is 0.227. The summed E-state index contributed by atoms with van der Waals surface area (Å²) in [5.74, 6) is 1.03. The quantitative estimate of drug-likeness (QED) is 0.520. The van der Waals surface area contributed by atoms with E-state index >= 15 is 0 Å². The van der Waals surface area contributed by atoms with Gasteiger partial charge in [-0.1, -0.05) is 35.9 Å². The summed E-state index contributed by atoms with van der Waals surface area (Å²) in [4.78, 5) is 22.0. The van der Waals surface area contributed by atoms with Crippen LogP contribution in [0.4, 0.5) is 5.69 Å². The van der Waals surface area contributed by atoms with E-state index in [1.165, 1.54) is 15.6 Å². The van der Waals surface area contributed by atoms with E-state index in [1.54, 1.807) is 0 Å². The predicted octanol–water partition coefficient (Wildman–Crippen LogP) is 4.20. The fourth-order valence-electron chi connectivity index (χ4n) is 3.31. The SMILES string of the molecule is Cc1cccc(NCc2nc3nc(C)c(Cc4ccc(Cl)cc4)c(=O)n3[nH]2)c1C. The summed E-state index contributed by atoms with van der Waals surface area (Å²) in [6, 6.07) is 13.6. The molecular weight excluding hydrogens is 386 g/mol. The maximum absolute atomic E-state index is 13.0. The molecule has 7 heteroatoms. The number of hydrogen-bond donors (Lipinski definition) is 2. The van der Waals surface area contributed by atoms with Gasteiger partial charge in [0.15, 0.2) is 0 Å². The summed E-state index contributed by atoms with van der Waals surface area (Å²) in [6.07, 6.45) is 0.493. The van der Waals surface area contributed by atoms with Crippen LogP contribution >= 0.6 is 11.6 Å². The number of nitrogens with zero attached hydrogens (tertiary/aromatic N) is 3. The van der Waals surface area contributed by atoms with Crippen molar-refractivity contribution in [2.24, 2.45) is 0 Å². The molecule has 0 spiro atoms. The molecule has 2 N–H and O–H groups in total. The summed E-state index contributed by atoms with van der Waals surface area (Å²) in [5.41, 5.74) is 5.67. The third kappa shape index (κ3) is 3.89. The fourth-order valence-corrected chi connectivity index (χ4v) is 3.44. The number of hydrogen-bond acceptors (Lipinski definition) is 4.